The molecule has 0 atom stereocenters. The van der Waals surface area contributed by atoms with E-state index in [1.165, 1.54) is 11.9 Å². The van der Waals surface area contributed by atoms with Crippen LogP contribution >= 0.6 is 35.1 Å². The van der Waals surface area contributed by atoms with Gasteiger partial charge in [0, 0.05) is 11.9 Å². The van der Waals surface area contributed by atoms with Crippen LogP contribution in [0.5, 0.6) is 0 Å². The third-order valence-electron chi connectivity index (χ3n) is 1.97. The van der Waals surface area contributed by atoms with Gasteiger partial charge in [0.05, 0.1) is 27.2 Å². The number of hydrogen-bond acceptors (Lipinski definition) is 3. The number of halogens is 3. The highest BCUT2D eigenvalue weighted by molar-refractivity contribution is 7.98. The molecule has 0 aliphatic carbocycles. The Morgan fingerprint density at radius 1 is 1.33 bits per heavy atom. The van der Waals surface area contributed by atoms with E-state index in [9.17, 15) is 4.39 Å². The molecular formula is C9H7Cl2FN2S. The van der Waals surface area contributed by atoms with Gasteiger partial charge < -0.3 is 4.90 Å². The molecule has 1 heterocycles. The zero-order chi connectivity index (χ0) is 10.8. The van der Waals surface area contributed by atoms with Crippen LogP contribution in [-0.2, 0) is 0 Å². The molecule has 0 spiro atoms. The van der Waals surface area contributed by atoms with Crippen LogP contribution in [-0.4, -0.2) is 19.6 Å². The molecule has 0 saturated heterocycles. The molecule has 0 amide bonds. The summed E-state index contributed by atoms with van der Waals surface area (Å²) in [6.07, 6.45) is 1.59. The summed E-state index contributed by atoms with van der Waals surface area (Å²) in [5.41, 5.74) is 0.849. The van der Waals surface area contributed by atoms with Crippen molar-refractivity contribution in [2.24, 2.45) is 4.40 Å². The first-order valence-corrected chi connectivity index (χ1v) is 5.77. The Bertz CT molecular complexity index is 411. The average Bonchev–Trinajstić information content (AvgIpc) is 2.21. The maximum Gasteiger partial charge on any atom is 0.107 e. The highest BCUT2D eigenvalue weighted by atomic mass is 35.5. The van der Waals surface area contributed by atoms with E-state index in [2.05, 4.69) is 4.40 Å². The molecule has 0 aromatic heterocycles. The Hall–Kier alpha value is -0.450. The second-order valence-corrected chi connectivity index (χ2v) is 4.58. The van der Waals surface area contributed by atoms with E-state index in [4.69, 9.17) is 23.2 Å². The molecule has 1 aliphatic rings. The van der Waals surface area contributed by atoms with Crippen LogP contribution in [0.15, 0.2) is 21.4 Å². The summed E-state index contributed by atoms with van der Waals surface area (Å²) in [6, 6.07) is 3.47. The Morgan fingerprint density at radius 2 is 2.07 bits per heavy atom. The maximum absolute atomic E-state index is 12.3. The molecule has 6 heteroatoms. The zero-order valence-corrected chi connectivity index (χ0v) is 9.91. The summed E-state index contributed by atoms with van der Waals surface area (Å²) in [4.78, 5) is 2.61. The van der Waals surface area contributed by atoms with Crippen LogP contribution in [0.25, 0.3) is 0 Å². The number of nitrogens with zero attached hydrogens (tertiary/aromatic N) is 2. The normalized spacial score (nSPS) is 14.2. The second-order valence-electron chi connectivity index (χ2n) is 2.93. The molecule has 2 nitrogen and oxygen atoms in total. The molecule has 1 aliphatic heterocycles. The molecule has 0 radical (unpaired) electrons. The number of hydrogen-bond donors (Lipinski definition) is 0. The molecule has 0 N–H and O–H groups in total. The summed E-state index contributed by atoms with van der Waals surface area (Å²) < 4.78 is 16.3. The lowest BCUT2D eigenvalue weighted by atomic mass is 10.3. The van der Waals surface area contributed by atoms with Crippen molar-refractivity contribution in [1.29, 1.82) is 0 Å². The quantitative estimate of drug-likeness (QED) is 0.755. The molecule has 15 heavy (non-hydrogen) atoms. The lowest BCUT2D eigenvalue weighted by Crippen LogP contribution is -2.25. The van der Waals surface area contributed by atoms with Crippen LogP contribution in [0.2, 0.25) is 10.0 Å². The molecular weight excluding hydrogens is 258 g/mol. The van der Waals surface area contributed by atoms with Crippen LogP contribution < -0.4 is 4.90 Å². The third kappa shape index (κ3) is 2.22. The molecule has 80 valence electrons. The van der Waals surface area contributed by atoms with Crippen LogP contribution in [0.4, 0.5) is 10.1 Å². The molecule has 0 fully saturated rings. The second kappa shape index (κ2) is 4.60. The monoisotopic (exact) mass is 264 g/mol. The van der Waals surface area contributed by atoms with E-state index < -0.39 is 6.67 Å². The van der Waals surface area contributed by atoms with Crippen molar-refractivity contribution in [3.63, 3.8) is 0 Å². The molecule has 1 aromatic carbocycles. The van der Waals surface area contributed by atoms with Crippen molar-refractivity contribution < 1.29 is 4.39 Å². The van der Waals surface area contributed by atoms with Gasteiger partial charge in [-0.3, -0.25) is 0 Å². The van der Waals surface area contributed by atoms with Crippen molar-refractivity contribution in [3.05, 3.63) is 22.2 Å². The third-order valence-corrected chi connectivity index (χ3v) is 3.42. The highest BCUT2D eigenvalue weighted by Gasteiger charge is 2.16. The van der Waals surface area contributed by atoms with Crippen molar-refractivity contribution >= 4 is 47.2 Å². The summed E-state index contributed by atoms with van der Waals surface area (Å²) in [5, 5.41) is 0.954. The van der Waals surface area contributed by atoms with Crippen LogP contribution in [0.1, 0.15) is 0 Å². The minimum absolute atomic E-state index is 0.273. The molecule has 0 unspecified atom stereocenters. The Balaban J connectivity index is 2.41. The van der Waals surface area contributed by atoms with Gasteiger partial charge in [0.25, 0.3) is 0 Å². The van der Waals surface area contributed by atoms with Gasteiger partial charge in [0.15, 0.2) is 0 Å². The number of alkyl halides is 1. The lowest BCUT2D eigenvalue weighted by Gasteiger charge is -2.24. The first-order valence-electron chi connectivity index (χ1n) is 4.24. The summed E-state index contributed by atoms with van der Waals surface area (Å²) >= 11 is 13.1. The highest BCUT2D eigenvalue weighted by Crippen LogP contribution is 2.39. The van der Waals surface area contributed by atoms with Gasteiger partial charge in [-0.25, -0.2) is 8.79 Å². The SMILES string of the molecule is FCCN1C=NSc2cc(Cl)c(Cl)cc21. The van der Waals surface area contributed by atoms with E-state index in [0.717, 1.165) is 10.6 Å². The van der Waals surface area contributed by atoms with Gasteiger partial charge >= 0.3 is 0 Å². The van der Waals surface area contributed by atoms with Gasteiger partial charge in [-0.1, -0.05) is 23.2 Å². The lowest BCUT2D eigenvalue weighted by molar-refractivity contribution is 0.503. The number of rotatable bonds is 2. The largest absolute Gasteiger partial charge is 0.328 e. The van der Waals surface area contributed by atoms with Gasteiger partial charge in [0.2, 0.25) is 0 Å². The van der Waals surface area contributed by atoms with E-state index >= 15 is 0 Å². The van der Waals surface area contributed by atoms with Crippen molar-refractivity contribution in [2.75, 3.05) is 18.1 Å². The van der Waals surface area contributed by atoms with Gasteiger partial charge in [-0.05, 0) is 12.1 Å². The average molecular weight is 265 g/mol. The smallest absolute Gasteiger partial charge is 0.107 e. The molecule has 0 saturated carbocycles. The fourth-order valence-corrected chi connectivity index (χ4v) is 2.39. The minimum Gasteiger partial charge on any atom is -0.328 e. The fraction of sp³-hybridized carbons (Fsp3) is 0.222. The van der Waals surface area contributed by atoms with Crippen LogP contribution in [0.3, 0.4) is 0 Å². The molecule has 1 aromatic rings. The standard InChI is InChI=1S/C9H7Cl2FN2S/c10-6-3-8-9(4-7(6)11)15-13-5-14(8)2-1-12/h3-5H,1-2H2. The topological polar surface area (TPSA) is 15.6 Å². The Morgan fingerprint density at radius 3 is 2.80 bits per heavy atom. The minimum atomic E-state index is -0.434. The summed E-state index contributed by atoms with van der Waals surface area (Å²) in [6.45, 7) is -0.161. The molecule has 0 bridgehead atoms. The maximum atomic E-state index is 12.3. The number of fused-ring (bicyclic) bond motifs is 1. The first kappa shape index (κ1) is 11.0. The summed E-state index contributed by atoms with van der Waals surface area (Å²) in [5.74, 6) is 0. The number of benzene rings is 1. The van der Waals surface area contributed by atoms with E-state index in [1.807, 2.05) is 0 Å². The summed E-state index contributed by atoms with van der Waals surface area (Å²) in [7, 11) is 0. The number of anilines is 1. The van der Waals surface area contributed by atoms with Crippen LogP contribution in [0, 0.1) is 0 Å². The zero-order valence-electron chi connectivity index (χ0n) is 7.58. The van der Waals surface area contributed by atoms with E-state index in [-0.39, 0.29) is 6.54 Å². The predicted molar refractivity (Wildman–Crippen MR) is 64.1 cm³/mol. The molecule has 2 rings (SSSR count). The van der Waals surface area contributed by atoms with Gasteiger partial charge in [-0.2, -0.15) is 0 Å². The Labute approximate surface area is 101 Å². The van der Waals surface area contributed by atoms with E-state index in [0.29, 0.717) is 10.0 Å². The first-order chi connectivity index (χ1) is 7.22. The predicted octanol–water partition coefficient (Wildman–Crippen LogP) is 3.82. The van der Waals surface area contributed by atoms with Crippen molar-refractivity contribution in [3.8, 4) is 0 Å². The van der Waals surface area contributed by atoms with Gasteiger partial charge in [0.1, 0.15) is 13.0 Å². The Kier molecular flexibility index (Phi) is 3.38. The van der Waals surface area contributed by atoms with Crippen molar-refractivity contribution in [2.45, 2.75) is 4.90 Å². The van der Waals surface area contributed by atoms with Crippen molar-refractivity contribution in [1.82, 2.24) is 0 Å². The van der Waals surface area contributed by atoms with Gasteiger partial charge in [-0.15, -0.1) is 0 Å². The fourth-order valence-electron chi connectivity index (χ4n) is 1.28. The van der Waals surface area contributed by atoms with E-state index in [1.54, 1.807) is 23.4 Å².